The first-order valence-electron chi connectivity index (χ1n) is 7.59. The third-order valence-corrected chi connectivity index (χ3v) is 3.67. The molecule has 0 unspecified atom stereocenters. The zero-order valence-electron chi connectivity index (χ0n) is 12.5. The standard InChI is InChI=1S/C15H27NO3/c1-15(2,3)19-14(17)16-10-6-4-8-12-13(18-12)9-5-7-11-16/h12-13H,4-11H2,1-3H3/t12-,13+. The quantitative estimate of drug-likeness (QED) is 0.633. The van der Waals surface area contributed by atoms with Gasteiger partial charge in [0.2, 0.25) is 0 Å². The van der Waals surface area contributed by atoms with Crippen molar-refractivity contribution in [3.8, 4) is 0 Å². The molecule has 2 saturated heterocycles. The largest absolute Gasteiger partial charge is 0.444 e. The van der Waals surface area contributed by atoms with E-state index >= 15 is 0 Å². The van der Waals surface area contributed by atoms with Gasteiger partial charge in [0.15, 0.2) is 0 Å². The minimum absolute atomic E-state index is 0.159. The molecule has 0 bridgehead atoms. The van der Waals surface area contributed by atoms with E-state index in [1.165, 1.54) is 0 Å². The van der Waals surface area contributed by atoms with Crippen LogP contribution in [-0.2, 0) is 9.47 Å². The lowest BCUT2D eigenvalue weighted by atomic mass is 10.1. The van der Waals surface area contributed by atoms with Crippen LogP contribution in [0.5, 0.6) is 0 Å². The van der Waals surface area contributed by atoms with Gasteiger partial charge in [0, 0.05) is 13.1 Å². The van der Waals surface area contributed by atoms with Crippen LogP contribution in [0.1, 0.15) is 59.3 Å². The monoisotopic (exact) mass is 269 g/mol. The van der Waals surface area contributed by atoms with Crippen molar-refractivity contribution in [1.82, 2.24) is 4.90 Å². The number of carbonyl (C=O) groups excluding carboxylic acids is 1. The van der Waals surface area contributed by atoms with Crippen molar-refractivity contribution >= 4 is 6.09 Å². The normalized spacial score (nSPS) is 29.1. The van der Waals surface area contributed by atoms with Crippen molar-refractivity contribution < 1.29 is 14.3 Å². The van der Waals surface area contributed by atoms with Crippen molar-refractivity contribution in [3.63, 3.8) is 0 Å². The Balaban J connectivity index is 1.82. The van der Waals surface area contributed by atoms with Crippen LogP contribution in [-0.4, -0.2) is 41.9 Å². The van der Waals surface area contributed by atoms with Crippen LogP contribution < -0.4 is 0 Å². The fourth-order valence-corrected chi connectivity index (χ4v) is 2.60. The first-order valence-corrected chi connectivity index (χ1v) is 7.59. The summed E-state index contributed by atoms with van der Waals surface area (Å²) >= 11 is 0. The van der Waals surface area contributed by atoms with E-state index in [-0.39, 0.29) is 6.09 Å². The Hall–Kier alpha value is -0.770. The molecular formula is C15H27NO3. The fourth-order valence-electron chi connectivity index (χ4n) is 2.60. The lowest BCUT2D eigenvalue weighted by Crippen LogP contribution is -2.38. The summed E-state index contributed by atoms with van der Waals surface area (Å²) in [6, 6.07) is 0. The molecule has 2 aliphatic heterocycles. The van der Waals surface area contributed by atoms with Crippen molar-refractivity contribution in [1.29, 1.82) is 0 Å². The molecular weight excluding hydrogens is 242 g/mol. The Morgan fingerprint density at radius 3 is 2.05 bits per heavy atom. The zero-order valence-corrected chi connectivity index (χ0v) is 12.5. The smallest absolute Gasteiger partial charge is 0.410 e. The van der Waals surface area contributed by atoms with E-state index < -0.39 is 5.60 Å². The van der Waals surface area contributed by atoms with Gasteiger partial charge in [-0.25, -0.2) is 4.79 Å². The minimum atomic E-state index is -0.404. The average Bonchev–Trinajstić information content (AvgIpc) is 3.01. The SMILES string of the molecule is CC(C)(C)OC(=O)N1CCCC[C@@H]2O[C@@H]2CCCC1. The Kier molecular flexibility index (Phi) is 4.71. The summed E-state index contributed by atoms with van der Waals surface area (Å²) in [5.74, 6) is 0. The van der Waals surface area contributed by atoms with Crippen LogP contribution in [0, 0.1) is 0 Å². The third kappa shape index (κ3) is 5.01. The predicted octanol–water partition coefficient (Wildman–Crippen LogP) is 3.35. The Labute approximate surface area is 116 Å². The Morgan fingerprint density at radius 1 is 1.05 bits per heavy atom. The number of epoxide rings is 1. The highest BCUT2D eigenvalue weighted by molar-refractivity contribution is 5.68. The second kappa shape index (κ2) is 6.12. The summed E-state index contributed by atoms with van der Waals surface area (Å²) in [5, 5.41) is 0. The topological polar surface area (TPSA) is 42.1 Å². The van der Waals surface area contributed by atoms with Gasteiger partial charge in [-0.3, -0.25) is 0 Å². The van der Waals surface area contributed by atoms with Crippen molar-refractivity contribution in [2.45, 2.75) is 77.1 Å². The third-order valence-electron chi connectivity index (χ3n) is 3.67. The summed E-state index contributed by atoms with van der Waals surface area (Å²) in [4.78, 5) is 14.0. The molecule has 0 saturated carbocycles. The molecule has 110 valence electrons. The maximum atomic E-state index is 12.1. The van der Waals surface area contributed by atoms with Crippen molar-refractivity contribution in [2.75, 3.05) is 13.1 Å². The molecule has 0 aromatic heterocycles. The van der Waals surface area contributed by atoms with Crippen LogP contribution in [0.25, 0.3) is 0 Å². The van der Waals surface area contributed by atoms with Gasteiger partial charge in [-0.1, -0.05) is 0 Å². The lowest BCUT2D eigenvalue weighted by Gasteiger charge is -2.27. The van der Waals surface area contributed by atoms with Gasteiger partial charge in [-0.2, -0.15) is 0 Å². The van der Waals surface area contributed by atoms with Gasteiger partial charge in [0.05, 0.1) is 12.2 Å². The number of hydrogen-bond donors (Lipinski definition) is 0. The van der Waals surface area contributed by atoms with Gasteiger partial charge in [-0.05, 0) is 59.3 Å². The maximum Gasteiger partial charge on any atom is 0.410 e. The molecule has 19 heavy (non-hydrogen) atoms. The molecule has 0 aromatic carbocycles. The van der Waals surface area contributed by atoms with E-state index in [4.69, 9.17) is 9.47 Å². The predicted molar refractivity (Wildman–Crippen MR) is 74.2 cm³/mol. The van der Waals surface area contributed by atoms with E-state index in [2.05, 4.69) is 0 Å². The van der Waals surface area contributed by atoms with E-state index in [0.717, 1.165) is 51.6 Å². The van der Waals surface area contributed by atoms with Gasteiger partial charge < -0.3 is 14.4 Å². The van der Waals surface area contributed by atoms with Crippen LogP contribution >= 0.6 is 0 Å². The number of nitrogens with zero attached hydrogens (tertiary/aromatic N) is 1. The molecule has 0 spiro atoms. The zero-order chi connectivity index (χ0) is 13.9. The summed E-state index contributed by atoms with van der Waals surface area (Å²) in [5.41, 5.74) is -0.404. The van der Waals surface area contributed by atoms with Crippen molar-refractivity contribution in [3.05, 3.63) is 0 Å². The van der Waals surface area contributed by atoms with Crippen LogP contribution in [0.3, 0.4) is 0 Å². The fraction of sp³-hybridized carbons (Fsp3) is 0.933. The molecule has 2 rings (SSSR count). The minimum Gasteiger partial charge on any atom is -0.444 e. The van der Waals surface area contributed by atoms with Gasteiger partial charge in [0.1, 0.15) is 5.60 Å². The molecule has 0 aromatic rings. The first kappa shape index (κ1) is 14.6. The molecule has 2 aliphatic rings. The highest BCUT2D eigenvalue weighted by Gasteiger charge is 2.37. The molecule has 1 amide bonds. The van der Waals surface area contributed by atoms with E-state index in [9.17, 15) is 4.79 Å². The average molecular weight is 269 g/mol. The first-order chi connectivity index (χ1) is 8.96. The molecule has 0 aliphatic carbocycles. The lowest BCUT2D eigenvalue weighted by molar-refractivity contribution is 0.0243. The maximum absolute atomic E-state index is 12.1. The molecule has 2 atom stereocenters. The number of fused-ring (bicyclic) bond motifs is 1. The van der Waals surface area contributed by atoms with Crippen molar-refractivity contribution in [2.24, 2.45) is 0 Å². The van der Waals surface area contributed by atoms with Crippen LogP contribution in [0.2, 0.25) is 0 Å². The molecule has 2 fully saturated rings. The van der Waals surface area contributed by atoms with E-state index in [0.29, 0.717) is 12.2 Å². The second-order valence-electron chi connectivity index (χ2n) is 6.67. The molecule has 4 heteroatoms. The van der Waals surface area contributed by atoms with Crippen LogP contribution in [0.15, 0.2) is 0 Å². The van der Waals surface area contributed by atoms with Gasteiger partial charge in [-0.15, -0.1) is 0 Å². The summed E-state index contributed by atoms with van der Waals surface area (Å²) in [6.07, 6.45) is 7.52. The molecule has 2 heterocycles. The molecule has 0 N–H and O–H groups in total. The highest BCUT2D eigenvalue weighted by Crippen LogP contribution is 2.31. The van der Waals surface area contributed by atoms with E-state index in [1.54, 1.807) is 0 Å². The summed E-state index contributed by atoms with van der Waals surface area (Å²) in [7, 11) is 0. The van der Waals surface area contributed by atoms with Gasteiger partial charge in [0.25, 0.3) is 0 Å². The highest BCUT2D eigenvalue weighted by atomic mass is 16.6. The Bertz CT molecular complexity index is 295. The number of carbonyl (C=O) groups is 1. The second-order valence-corrected chi connectivity index (χ2v) is 6.67. The van der Waals surface area contributed by atoms with Crippen LogP contribution in [0.4, 0.5) is 4.79 Å². The van der Waals surface area contributed by atoms with E-state index in [1.807, 2.05) is 25.7 Å². The number of amides is 1. The Morgan fingerprint density at radius 2 is 1.58 bits per heavy atom. The number of hydrogen-bond acceptors (Lipinski definition) is 3. The molecule has 4 nitrogen and oxygen atoms in total. The van der Waals surface area contributed by atoms with Gasteiger partial charge >= 0.3 is 6.09 Å². The molecule has 0 radical (unpaired) electrons. The number of rotatable bonds is 0. The number of ether oxygens (including phenoxy) is 2. The summed E-state index contributed by atoms with van der Waals surface area (Å²) in [6.45, 7) is 7.38. The summed E-state index contributed by atoms with van der Waals surface area (Å²) < 4.78 is 11.1.